The van der Waals surface area contributed by atoms with Crippen molar-refractivity contribution in [3.8, 4) is 11.5 Å². The Morgan fingerprint density at radius 2 is 2.29 bits per heavy atom. The van der Waals surface area contributed by atoms with Crippen LogP contribution >= 0.6 is 0 Å². The molecule has 0 bridgehead atoms. The minimum absolute atomic E-state index is 0.00393. The molecular formula is C13H13FN4O3. The van der Waals surface area contributed by atoms with Crippen molar-refractivity contribution in [2.75, 3.05) is 6.54 Å². The minimum atomic E-state index is -0.681. The van der Waals surface area contributed by atoms with Crippen LogP contribution in [-0.4, -0.2) is 21.6 Å². The number of nitrogens with zero attached hydrogens (tertiary/aromatic N) is 3. The molecule has 3 rings (SSSR count). The van der Waals surface area contributed by atoms with Gasteiger partial charge in [-0.15, -0.1) is 0 Å². The van der Waals surface area contributed by atoms with Gasteiger partial charge in [0.2, 0.25) is 0 Å². The Labute approximate surface area is 119 Å². The Hall–Kier alpha value is -2.35. The molecule has 110 valence electrons. The van der Waals surface area contributed by atoms with Gasteiger partial charge in [-0.1, -0.05) is 11.6 Å². The third kappa shape index (κ3) is 2.75. The lowest BCUT2D eigenvalue weighted by Gasteiger charge is -2.19. The maximum atomic E-state index is 13.1. The van der Waals surface area contributed by atoms with Crippen molar-refractivity contribution in [1.82, 2.24) is 15.5 Å². The number of nitro benzene ring substituents is 1. The molecule has 21 heavy (non-hydrogen) atoms. The van der Waals surface area contributed by atoms with Crippen LogP contribution in [0.3, 0.4) is 0 Å². The first-order chi connectivity index (χ1) is 10.1. The van der Waals surface area contributed by atoms with Crippen molar-refractivity contribution in [1.29, 1.82) is 0 Å². The smallest absolute Gasteiger partial charge is 0.285 e. The third-order valence-corrected chi connectivity index (χ3v) is 3.45. The Balaban J connectivity index is 1.94. The molecule has 8 heteroatoms. The molecule has 7 nitrogen and oxygen atoms in total. The molecule has 1 aromatic carbocycles. The van der Waals surface area contributed by atoms with E-state index in [0.717, 1.165) is 37.9 Å². The van der Waals surface area contributed by atoms with Gasteiger partial charge >= 0.3 is 0 Å². The Bertz CT molecular complexity index is 667. The average Bonchev–Trinajstić information content (AvgIpc) is 2.97. The summed E-state index contributed by atoms with van der Waals surface area (Å²) in [4.78, 5) is 14.5. The Kier molecular flexibility index (Phi) is 3.61. The fourth-order valence-corrected chi connectivity index (χ4v) is 2.39. The van der Waals surface area contributed by atoms with Gasteiger partial charge in [0.1, 0.15) is 11.4 Å². The lowest BCUT2D eigenvalue weighted by molar-refractivity contribution is -0.384. The van der Waals surface area contributed by atoms with E-state index in [9.17, 15) is 14.5 Å². The first kappa shape index (κ1) is 13.6. The summed E-state index contributed by atoms with van der Waals surface area (Å²) in [5.41, 5.74) is -0.266. The highest BCUT2D eigenvalue weighted by Gasteiger charge is 2.25. The second-order valence-corrected chi connectivity index (χ2v) is 4.88. The molecular weight excluding hydrogens is 279 g/mol. The van der Waals surface area contributed by atoms with Crippen molar-refractivity contribution in [3.05, 3.63) is 40.0 Å². The van der Waals surface area contributed by atoms with Gasteiger partial charge in [-0.2, -0.15) is 4.98 Å². The van der Waals surface area contributed by atoms with Crippen molar-refractivity contribution in [2.45, 2.75) is 25.3 Å². The number of hydrogen-bond donors (Lipinski definition) is 1. The van der Waals surface area contributed by atoms with Crippen LogP contribution in [0.4, 0.5) is 10.1 Å². The summed E-state index contributed by atoms with van der Waals surface area (Å²) in [6.07, 6.45) is 3.06. The second kappa shape index (κ2) is 5.57. The molecule has 1 saturated heterocycles. The molecule has 2 heterocycles. The molecule has 1 fully saturated rings. The summed E-state index contributed by atoms with van der Waals surface area (Å²) >= 11 is 0. The Morgan fingerprint density at radius 3 is 3.00 bits per heavy atom. The largest absolute Gasteiger partial charge is 0.334 e. The van der Waals surface area contributed by atoms with E-state index in [1.807, 2.05) is 0 Å². The summed E-state index contributed by atoms with van der Waals surface area (Å²) in [6.45, 7) is 0.880. The van der Waals surface area contributed by atoms with Gasteiger partial charge in [0.05, 0.1) is 17.0 Å². The number of rotatable bonds is 3. The normalized spacial score (nSPS) is 18.6. The third-order valence-electron chi connectivity index (χ3n) is 3.45. The monoisotopic (exact) mass is 292 g/mol. The van der Waals surface area contributed by atoms with E-state index in [4.69, 9.17) is 4.52 Å². The second-order valence-electron chi connectivity index (χ2n) is 4.88. The van der Waals surface area contributed by atoms with Crippen molar-refractivity contribution in [3.63, 3.8) is 0 Å². The van der Waals surface area contributed by atoms with Gasteiger partial charge in [-0.05, 0) is 31.5 Å². The van der Waals surface area contributed by atoms with E-state index in [1.165, 1.54) is 6.07 Å². The van der Waals surface area contributed by atoms with Gasteiger partial charge in [0.25, 0.3) is 11.6 Å². The summed E-state index contributed by atoms with van der Waals surface area (Å²) in [5, 5.41) is 18.1. The zero-order chi connectivity index (χ0) is 14.8. The Morgan fingerprint density at radius 1 is 1.43 bits per heavy atom. The lowest BCUT2D eigenvalue weighted by Crippen LogP contribution is -2.27. The molecule has 1 aliphatic rings. The highest BCUT2D eigenvalue weighted by Crippen LogP contribution is 2.30. The van der Waals surface area contributed by atoms with E-state index in [-0.39, 0.29) is 23.2 Å². The standard InChI is InChI=1S/C13H13FN4O3/c14-8-4-5-9(11(7-8)18(19)20)13-16-12(17-21-13)10-3-1-2-6-15-10/h4-5,7,10,15H,1-3,6H2. The first-order valence-corrected chi connectivity index (χ1v) is 6.66. The molecule has 1 atom stereocenters. The lowest BCUT2D eigenvalue weighted by atomic mass is 10.0. The van der Waals surface area contributed by atoms with Crippen LogP contribution in [-0.2, 0) is 0 Å². The molecule has 0 radical (unpaired) electrons. The predicted molar refractivity (Wildman–Crippen MR) is 70.9 cm³/mol. The van der Waals surface area contributed by atoms with E-state index < -0.39 is 10.7 Å². The van der Waals surface area contributed by atoms with Crippen LogP contribution < -0.4 is 5.32 Å². The quantitative estimate of drug-likeness (QED) is 0.690. The van der Waals surface area contributed by atoms with Crippen LogP contribution in [0.1, 0.15) is 31.1 Å². The molecule has 2 aromatic rings. The summed E-state index contributed by atoms with van der Waals surface area (Å²) < 4.78 is 18.2. The molecule has 1 aliphatic heterocycles. The van der Waals surface area contributed by atoms with Gasteiger partial charge in [0.15, 0.2) is 5.82 Å². The van der Waals surface area contributed by atoms with Gasteiger partial charge in [-0.3, -0.25) is 10.1 Å². The highest BCUT2D eigenvalue weighted by atomic mass is 19.1. The molecule has 1 N–H and O–H groups in total. The number of nitrogens with one attached hydrogen (secondary N) is 1. The summed E-state index contributed by atoms with van der Waals surface area (Å²) in [6, 6.07) is 3.25. The fourth-order valence-electron chi connectivity index (χ4n) is 2.39. The number of nitro groups is 1. The number of halogens is 1. The van der Waals surface area contributed by atoms with Crippen LogP contribution in [0.5, 0.6) is 0 Å². The van der Waals surface area contributed by atoms with Gasteiger partial charge < -0.3 is 9.84 Å². The van der Waals surface area contributed by atoms with Gasteiger partial charge in [-0.25, -0.2) is 4.39 Å². The molecule has 0 spiro atoms. The SMILES string of the molecule is O=[N+]([O-])c1cc(F)ccc1-c1nc(C2CCCCN2)no1. The average molecular weight is 292 g/mol. The first-order valence-electron chi connectivity index (χ1n) is 6.66. The zero-order valence-corrected chi connectivity index (χ0v) is 11.1. The van der Waals surface area contributed by atoms with Crippen molar-refractivity contribution >= 4 is 5.69 Å². The summed E-state index contributed by atoms with van der Waals surface area (Å²) in [7, 11) is 0. The van der Waals surface area contributed by atoms with Crippen LogP contribution in [0, 0.1) is 15.9 Å². The van der Waals surface area contributed by atoms with Crippen molar-refractivity contribution < 1.29 is 13.8 Å². The number of benzene rings is 1. The molecule has 0 saturated carbocycles. The van der Waals surface area contributed by atoms with Crippen LogP contribution in [0.15, 0.2) is 22.7 Å². The minimum Gasteiger partial charge on any atom is -0.334 e. The van der Waals surface area contributed by atoms with E-state index in [2.05, 4.69) is 15.5 Å². The fraction of sp³-hybridized carbons (Fsp3) is 0.385. The maximum Gasteiger partial charge on any atom is 0.285 e. The molecule has 1 unspecified atom stereocenters. The molecule has 1 aromatic heterocycles. The van der Waals surface area contributed by atoms with E-state index in [1.54, 1.807) is 0 Å². The van der Waals surface area contributed by atoms with Crippen molar-refractivity contribution in [2.24, 2.45) is 0 Å². The highest BCUT2D eigenvalue weighted by molar-refractivity contribution is 5.66. The molecule has 0 amide bonds. The zero-order valence-electron chi connectivity index (χ0n) is 11.1. The summed E-state index contributed by atoms with van der Waals surface area (Å²) in [5.74, 6) is -0.175. The van der Waals surface area contributed by atoms with Crippen LogP contribution in [0.2, 0.25) is 0 Å². The van der Waals surface area contributed by atoms with E-state index >= 15 is 0 Å². The van der Waals surface area contributed by atoms with E-state index in [0.29, 0.717) is 5.82 Å². The topological polar surface area (TPSA) is 94.1 Å². The van der Waals surface area contributed by atoms with Gasteiger partial charge in [0, 0.05) is 0 Å². The number of hydrogen-bond acceptors (Lipinski definition) is 6. The predicted octanol–water partition coefficient (Wildman–Crippen LogP) is 2.60. The molecule has 0 aliphatic carbocycles. The number of aromatic nitrogens is 2. The maximum absolute atomic E-state index is 13.1. The van der Waals surface area contributed by atoms with Crippen LogP contribution in [0.25, 0.3) is 11.5 Å². The number of piperidine rings is 1.